The number of carbonyl (C=O) groups is 1. The Morgan fingerprint density at radius 2 is 2.00 bits per heavy atom. The first-order chi connectivity index (χ1) is 9.93. The van der Waals surface area contributed by atoms with Crippen molar-refractivity contribution in [2.24, 2.45) is 0 Å². The van der Waals surface area contributed by atoms with Gasteiger partial charge < -0.3 is 10.2 Å². The first-order valence-electron chi connectivity index (χ1n) is 6.85. The fraction of sp³-hybridized carbons (Fsp3) is 0.538. The van der Waals surface area contributed by atoms with Gasteiger partial charge in [0.2, 0.25) is 10.0 Å². The molecule has 1 aromatic rings. The lowest BCUT2D eigenvalue weighted by atomic mass is 10.2. The number of hydrogen-bond donors (Lipinski definition) is 1. The first-order valence-corrected chi connectivity index (χ1v) is 8.70. The Hall–Kier alpha value is -1.67. The smallest absolute Gasteiger partial charge is 0.256 e. The molecule has 1 aliphatic heterocycles. The summed E-state index contributed by atoms with van der Waals surface area (Å²) in [6.07, 6.45) is 4.40. The number of anilines is 1. The standard InChI is InChI=1S/C13H20N4O3S/c1-3-15-12-10-14-5-4-11(12)13(18)16-6-8-17(9-7-16)21(2,19)20/h4-5,10,15H,3,6-9H2,1-2H3. The second-order valence-corrected chi connectivity index (χ2v) is 6.89. The van der Waals surface area contributed by atoms with Crippen molar-refractivity contribution in [1.82, 2.24) is 14.2 Å². The maximum Gasteiger partial charge on any atom is 0.256 e. The number of nitrogens with one attached hydrogen (secondary N) is 1. The molecule has 7 nitrogen and oxygen atoms in total. The number of sulfonamides is 1. The highest BCUT2D eigenvalue weighted by Crippen LogP contribution is 2.17. The van der Waals surface area contributed by atoms with Gasteiger partial charge in [0.05, 0.1) is 23.7 Å². The molecule has 2 rings (SSSR count). The molecular weight excluding hydrogens is 292 g/mol. The average Bonchev–Trinajstić information content (AvgIpc) is 2.47. The molecule has 0 atom stereocenters. The van der Waals surface area contributed by atoms with E-state index in [1.807, 2.05) is 6.92 Å². The summed E-state index contributed by atoms with van der Waals surface area (Å²) in [6.45, 7) is 4.14. The molecule has 0 saturated carbocycles. The Bertz CT molecular complexity index is 610. The van der Waals surface area contributed by atoms with Gasteiger partial charge in [-0.3, -0.25) is 9.78 Å². The predicted octanol–water partition coefficient (Wildman–Crippen LogP) is 0.231. The summed E-state index contributed by atoms with van der Waals surface area (Å²) in [5, 5.41) is 3.11. The van der Waals surface area contributed by atoms with Gasteiger partial charge in [-0.05, 0) is 13.0 Å². The molecule has 0 aliphatic carbocycles. The van der Waals surface area contributed by atoms with Crippen LogP contribution in [0.5, 0.6) is 0 Å². The minimum Gasteiger partial charge on any atom is -0.383 e. The zero-order valence-electron chi connectivity index (χ0n) is 12.2. The molecule has 1 N–H and O–H groups in total. The van der Waals surface area contributed by atoms with E-state index in [0.717, 1.165) is 0 Å². The van der Waals surface area contributed by atoms with Gasteiger partial charge in [0, 0.05) is 38.9 Å². The summed E-state index contributed by atoms with van der Waals surface area (Å²) in [7, 11) is -3.18. The molecule has 21 heavy (non-hydrogen) atoms. The van der Waals surface area contributed by atoms with Gasteiger partial charge in [-0.15, -0.1) is 0 Å². The number of carbonyl (C=O) groups excluding carboxylic acids is 1. The summed E-state index contributed by atoms with van der Waals surface area (Å²) >= 11 is 0. The fourth-order valence-electron chi connectivity index (χ4n) is 2.31. The number of pyridine rings is 1. The van der Waals surface area contributed by atoms with E-state index >= 15 is 0 Å². The normalized spacial score (nSPS) is 16.8. The van der Waals surface area contributed by atoms with Crippen LogP contribution in [0.4, 0.5) is 5.69 Å². The highest BCUT2D eigenvalue weighted by atomic mass is 32.2. The van der Waals surface area contributed by atoms with Crippen LogP contribution < -0.4 is 5.32 Å². The average molecular weight is 312 g/mol. The summed E-state index contributed by atoms with van der Waals surface area (Å²) in [6, 6.07) is 1.68. The molecule has 1 aliphatic rings. The van der Waals surface area contributed by atoms with Crippen molar-refractivity contribution in [3.05, 3.63) is 24.0 Å². The quantitative estimate of drug-likeness (QED) is 0.860. The number of hydrogen-bond acceptors (Lipinski definition) is 5. The SMILES string of the molecule is CCNc1cnccc1C(=O)N1CCN(S(C)(=O)=O)CC1. The number of nitrogens with zero attached hydrogens (tertiary/aromatic N) is 3. The lowest BCUT2D eigenvalue weighted by molar-refractivity contribution is 0.0699. The van der Waals surface area contributed by atoms with Crippen molar-refractivity contribution in [3.8, 4) is 0 Å². The Balaban J connectivity index is 2.09. The van der Waals surface area contributed by atoms with Crippen LogP contribution in [-0.2, 0) is 10.0 Å². The van der Waals surface area contributed by atoms with E-state index in [9.17, 15) is 13.2 Å². The van der Waals surface area contributed by atoms with Gasteiger partial charge in [0.25, 0.3) is 5.91 Å². The Labute approximate surface area is 125 Å². The van der Waals surface area contributed by atoms with E-state index in [-0.39, 0.29) is 5.91 Å². The highest BCUT2D eigenvalue weighted by molar-refractivity contribution is 7.88. The van der Waals surface area contributed by atoms with Crippen LogP contribution in [0.15, 0.2) is 18.5 Å². The summed E-state index contributed by atoms with van der Waals surface area (Å²) < 4.78 is 24.3. The lowest BCUT2D eigenvalue weighted by Crippen LogP contribution is -2.50. The number of aromatic nitrogens is 1. The zero-order chi connectivity index (χ0) is 15.5. The third kappa shape index (κ3) is 3.70. The van der Waals surface area contributed by atoms with Crippen LogP contribution >= 0.6 is 0 Å². The van der Waals surface area contributed by atoms with Gasteiger partial charge in [0.1, 0.15) is 0 Å². The Kier molecular flexibility index (Phi) is 4.79. The van der Waals surface area contributed by atoms with E-state index in [1.165, 1.54) is 10.6 Å². The molecule has 0 spiro atoms. The van der Waals surface area contributed by atoms with E-state index in [1.54, 1.807) is 23.4 Å². The van der Waals surface area contributed by atoms with Crippen LogP contribution in [0.25, 0.3) is 0 Å². The molecule has 116 valence electrons. The van der Waals surface area contributed by atoms with E-state index in [2.05, 4.69) is 10.3 Å². The maximum absolute atomic E-state index is 12.5. The van der Waals surface area contributed by atoms with Crippen molar-refractivity contribution >= 4 is 21.6 Å². The second kappa shape index (κ2) is 6.40. The van der Waals surface area contributed by atoms with Gasteiger partial charge in [-0.2, -0.15) is 4.31 Å². The molecule has 0 bridgehead atoms. The van der Waals surface area contributed by atoms with Crippen molar-refractivity contribution in [1.29, 1.82) is 0 Å². The largest absolute Gasteiger partial charge is 0.383 e. The van der Waals surface area contributed by atoms with Gasteiger partial charge >= 0.3 is 0 Å². The van der Waals surface area contributed by atoms with Crippen LogP contribution in [0, 0.1) is 0 Å². The summed E-state index contributed by atoms with van der Waals surface area (Å²) in [4.78, 5) is 18.2. The molecule has 2 heterocycles. The van der Waals surface area contributed by atoms with Gasteiger partial charge in [0.15, 0.2) is 0 Å². The van der Waals surface area contributed by atoms with Gasteiger partial charge in [-0.1, -0.05) is 0 Å². The minimum atomic E-state index is -3.18. The molecule has 1 amide bonds. The molecule has 8 heteroatoms. The second-order valence-electron chi connectivity index (χ2n) is 4.91. The van der Waals surface area contributed by atoms with E-state index in [0.29, 0.717) is 44.0 Å². The maximum atomic E-state index is 12.5. The molecule has 0 aromatic carbocycles. The van der Waals surface area contributed by atoms with Crippen molar-refractivity contribution in [2.45, 2.75) is 6.92 Å². The van der Waals surface area contributed by atoms with Crippen LogP contribution in [-0.4, -0.2) is 67.5 Å². The summed E-state index contributed by atoms with van der Waals surface area (Å²) in [5.74, 6) is -0.0958. The van der Waals surface area contributed by atoms with Crippen molar-refractivity contribution < 1.29 is 13.2 Å². The Morgan fingerprint density at radius 3 is 2.57 bits per heavy atom. The number of piperazine rings is 1. The fourth-order valence-corrected chi connectivity index (χ4v) is 3.13. The third-order valence-corrected chi connectivity index (χ3v) is 4.72. The molecular formula is C13H20N4O3S. The summed E-state index contributed by atoms with van der Waals surface area (Å²) in [5.41, 5.74) is 1.27. The van der Waals surface area contributed by atoms with Crippen LogP contribution in [0.1, 0.15) is 17.3 Å². The monoisotopic (exact) mass is 312 g/mol. The van der Waals surface area contributed by atoms with Gasteiger partial charge in [-0.25, -0.2) is 8.42 Å². The molecule has 1 fully saturated rings. The van der Waals surface area contributed by atoms with Crippen molar-refractivity contribution in [2.75, 3.05) is 44.3 Å². The van der Waals surface area contributed by atoms with E-state index < -0.39 is 10.0 Å². The third-order valence-electron chi connectivity index (χ3n) is 3.41. The molecule has 0 unspecified atom stereocenters. The highest BCUT2D eigenvalue weighted by Gasteiger charge is 2.27. The Morgan fingerprint density at radius 1 is 1.33 bits per heavy atom. The van der Waals surface area contributed by atoms with Crippen molar-refractivity contribution in [3.63, 3.8) is 0 Å². The molecule has 1 saturated heterocycles. The van der Waals surface area contributed by atoms with E-state index in [4.69, 9.17) is 0 Å². The van der Waals surface area contributed by atoms with Crippen LogP contribution in [0.3, 0.4) is 0 Å². The first kappa shape index (κ1) is 15.7. The zero-order valence-corrected chi connectivity index (χ0v) is 13.1. The number of rotatable bonds is 4. The lowest BCUT2D eigenvalue weighted by Gasteiger charge is -2.33. The molecule has 0 radical (unpaired) electrons. The number of amides is 1. The van der Waals surface area contributed by atoms with Crippen LogP contribution in [0.2, 0.25) is 0 Å². The topological polar surface area (TPSA) is 82.6 Å². The predicted molar refractivity (Wildman–Crippen MR) is 80.7 cm³/mol. The minimum absolute atomic E-state index is 0.0958. The molecule has 1 aromatic heterocycles.